The highest BCUT2D eigenvalue weighted by Gasteiger charge is 2.23. The summed E-state index contributed by atoms with van der Waals surface area (Å²) >= 11 is 0. The Labute approximate surface area is 150 Å². The molecule has 4 aromatic rings. The third-order valence-corrected chi connectivity index (χ3v) is 4.30. The average molecular weight is 346 g/mol. The Bertz CT molecular complexity index is 1030. The Morgan fingerprint density at radius 1 is 1.12 bits per heavy atom. The predicted octanol–water partition coefficient (Wildman–Crippen LogP) is 4.02. The standard InChI is InChI=1S/C20H18N4O2/c1-12(19-22-15-10-6-7-11-16(15)23-19)21-20(25)17-13(2)26-24-18(17)14-8-4-3-5-9-14/h3-12H,1-2H3,(H,21,25)(H,22,23). The number of imidazole rings is 1. The summed E-state index contributed by atoms with van der Waals surface area (Å²) in [5, 5.41) is 7.04. The fraction of sp³-hybridized carbons (Fsp3) is 0.150. The van der Waals surface area contributed by atoms with Crippen molar-refractivity contribution in [2.24, 2.45) is 0 Å². The number of aromatic amines is 1. The fourth-order valence-electron chi connectivity index (χ4n) is 2.95. The summed E-state index contributed by atoms with van der Waals surface area (Å²) in [4.78, 5) is 20.6. The van der Waals surface area contributed by atoms with Gasteiger partial charge >= 0.3 is 0 Å². The van der Waals surface area contributed by atoms with Gasteiger partial charge in [-0.1, -0.05) is 47.6 Å². The monoisotopic (exact) mass is 346 g/mol. The van der Waals surface area contributed by atoms with E-state index in [1.807, 2.05) is 61.5 Å². The van der Waals surface area contributed by atoms with Gasteiger partial charge in [-0.2, -0.15) is 0 Å². The van der Waals surface area contributed by atoms with E-state index in [0.29, 0.717) is 22.8 Å². The van der Waals surface area contributed by atoms with E-state index >= 15 is 0 Å². The van der Waals surface area contributed by atoms with Crippen LogP contribution >= 0.6 is 0 Å². The van der Waals surface area contributed by atoms with E-state index in [4.69, 9.17) is 4.52 Å². The number of rotatable bonds is 4. The van der Waals surface area contributed by atoms with Crippen LogP contribution in [0.3, 0.4) is 0 Å². The number of H-pyrrole nitrogens is 1. The van der Waals surface area contributed by atoms with Crippen LogP contribution in [0.5, 0.6) is 0 Å². The van der Waals surface area contributed by atoms with Crippen LogP contribution in [0.15, 0.2) is 59.1 Å². The lowest BCUT2D eigenvalue weighted by atomic mass is 10.1. The molecule has 4 rings (SSSR count). The van der Waals surface area contributed by atoms with Gasteiger partial charge in [-0.05, 0) is 26.0 Å². The summed E-state index contributed by atoms with van der Waals surface area (Å²) in [5.74, 6) is 0.948. The topological polar surface area (TPSA) is 83.8 Å². The molecule has 0 spiro atoms. The molecule has 0 fully saturated rings. The highest BCUT2D eigenvalue weighted by atomic mass is 16.5. The van der Waals surface area contributed by atoms with Gasteiger partial charge in [0.05, 0.1) is 17.1 Å². The zero-order valence-corrected chi connectivity index (χ0v) is 14.5. The van der Waals surface area contributed by atoms with Crippen LogP contribution in [0.2, 0.25) is 0 Å². The summed E-state index contributed by atoms with van der Waals surface area (Å²) in [6.45, 7) is 3.63. The molecule has 2 aromatic heterocycles. The molecule has 0 aliphatic rings. The number of benzene rings is 2. The molecule has 2 aromatic carbocycles. The van der Waals surface area contributed by atoms with E-state index in [2.05, 4.69) is 20.4 Å². The Morgan fingerprint density at radius 3 is 2.62 bits per heavy atom. The molecule has 0 bridgehead atoms. The van der Waals surface area contributed by atoms with Crippen LogP contribution in [-0.2, 0) is 0 Å². The summed E-state index contributed by atoms with van der Waals surface area (Å²) < 4.78 is 5.27. The molecular weight excluding hydrogens is 328 g/mol. The molecule has 0 saturated carbocycles. The van der Waals surface area contributed by atoms with Crippen LogP contribution in [0.1, 0.15) is 34.9 Å². The van der Waals surface area contributed by atoms with Gasteiger partial charge in [0.25, 0.3) is 5.91 Å². The maximum Gasteiger partial charge on any atom is 0.257 e. The van der Waals surface area contributed by atoms with Crippen LogP contribution in [0.4, 0.5) is 0 Å². The zero-order chi connectivity index (χ0) is 18.1. The highest BCUT2D eigenvalue weighted by molar-refractivity contribution is 6.01. The number of carbonyl (C=O) groups is 1. The van der Waals surface area contributed by atoms with Crippen molar-refractivity contribution in [2.75, 3.05) is 0 Å². The van der Waals surface area contributed by atoms with Gasteiger partial charge in [-0.15, -0.1) is 0 Å². The van der Waals surface area contributed by atoms with Crippen molar-refractivity contribution in [3.05, 3.63) is 71.7 Å². The van der Waals surface area contributed by atoms with Crippen molar-refractivity contribution in [1.82, 2.24) is 20.4 Å². The van der Waals surface area contributed by atoms with Gasteiger partial charge in [0.2, 0.25) is 0 Å². The number of fused-ring (bicyclic) bond motifs is 1. The van der Waals surface area contributed by atoms with Crippen molar-refractivity contribution >= 4 is 16.9 Å². The zero-order valence-electron chi connectivity index (χ0n) is 14.5. The maximum atomic E-state index is 12.9. The predicted molar refractivity (Wildman–Crippen MR) is 98.7 cm³/mol. The van der Waals surface area contributed by atoms with Crippen molar-refractivity contribution in [1.29, 1.82) is 0 Å². The molecule has 130 valence electrons. The molecule has 2 heterocycles. The molecule has 0 radical (unpaired) electrons. The lowest BCUT2D eigenvalue weighted by Crippen LogP contribution is -2.28. The lowest BCUT2D eigenvalue weighted by molar-refractivity contribution is 0.0937. The molecule has 6 nitrogen and oxygen atoms in total. The van der Waals surface area contributed by atoms with Gasteiger partial charge in [-0.3, -0.25) is 4.79 Å². The molecule has 0 aliphatic carbocycles. The van der Waals surface area contributed by atoms with Crippen molar-refractivity contribution < 1.29 is 9.32 Å². The van der Waals surface area contributed by atoms with Crippen molar-refractivity contribution in [2.45, 2.75) is 19.9 Å². The van der Waals surface area contributed by atoms with E-state index in [1.165, 1.54) is 0 Å². The van der Waals surface area contributed by atoms with Crippen molar-refractivity contribution in [3.8, 4) is 11.3 Å². The number of hydrogen-bond donors (Lipinski definition) is 2. The number of aryl methyl sites for hydroxylation is 1. The van der Waals surface area contributed by atoms with Crippen LogP contribution in [-0.4, -0.2) is 21.0 Å². The minimum Gasteiger partial charge on any atom is -0.360 e. The Morgan fingerprint density at radius 2 is 1.85 bits per heavy atom. The van der Waals surface area contributed by atoms with Crippen LogP contribution in [0.25, 0.3) is 22.3 Å². The fourth-order valence-corrected chi connectivity index (χ4v) is 2.95. The largest absolute Gasteiger partial charge is 0.360 e. The molecular formula is C20H18N4O2. The lowest BCUT2D eigenvalue weighted by Gasteiger charge is -2.11. The second kappa shape index (κ2) is 6.48. The first-order valence-corrected chi connectivity index (χ1v) is 8.40. The Balaban J connectivity index is 1.61. The van der Waals surface area contributed by atoms with E-state index in [-0.39, 0.29) is 11.9 Å². The number of para-hydroxylation sites is 2. The van der Waals surface area contributed by atoms with Gasteiger partial charge in [0, 0.05) is 5.56 Å². The smallest absolute Gasteiger partial charge is 0.257 e. The third kappa shape index (κ3) is 2.86. The first-order chi connectivity index (χ1) is 12.6. The highest BCUT2D eigenvalue weighted by Crippen LogP contribution is 2.25. The maximum absolute atomic E-state index is 12.9. The Hall–Kier alpha value is -3.41. The molecule has 1 unspecified atom stereocenters. The second-order valence-corrected chi connectivity index (χ2v) is 6.16. The molecule has 6 heteroatoms. The van der Waals surface area contributed by atoms with Gasteiger partial charge in [0.15, 0.2) is 0 Å². The van der Waals surface area contributed by atoms with Gasteiger partial charge < -0.3 is 14.8 Å². The quantitative estimate of drug-likeness (QED) is 0.584. The SMILES string of the molecule is Cc1onc(-c2ccccc2)c1C(=O)NC(C)c1nc2ccccc2[nH]1. The van der Waals surface area contributed by atoms with E-state index < -0.39 is 0 Å². The minimum absolute atomic E-state index is 0.240. The molecule has 26 heavy (non-hydrogen) atoms. The molecule has 0 aliphatic heterocycles. The van der Waals surface area contributed by atoms with E-state index in [1.54, 1.807) is 6.92 Å². The summed E-state index contributed by atoms with van der Waals surface area (Å²) in [7, 11) is 0. The van der Waals surface area contributed by atoms with Gasteiger partial charge in [0.1, 0.15) is 22.8 Å². The molecule has 1 atom stereocenters. The number of nitrogens with one attached hydrogen (secondary N) is 2. The summed E-state index contributed by atoms with van der Waals surface area (Å²) in [5.41, 5.74) is 3.63. The van der Waals surface area contributed by atoms with E-state index in [9.17, 15) is 4.79 Å². The molecule has 1 amide bonds. The second-order valence-electron chi connectivity index (χ2n) is 6.16. The normalized spacial score (nSPS) is 12.2. The average Bonchev–Trinajstić information content (AvgIpc) is 3.26. The van der Waals surface area contributed by atoms with Crippen LogP contribution in [0, 0.1) is 6.92 Å². The number of amides is 1. The van der Waals surface area contributed by atoms with Crippen molar-refractivity contribution in [3.63, 3.8) is 0 Å². The Kier molecular flexibility index (Phi) is 4.01. The first kappa shape index (κ1) is 16.1. The number of aromatic nitrogens is 3. The van der Waals surface area contributed by atoms with E-state index in [0.717, 1.165) is 16.6 Å². The number of nitrogens with zero attached hydrogens (tertiary/aromatic N) is 2. The minimum atomic E-state index is -0.284. The number of hydrogen-bond acceptors (Lipinski definition) is 4. The molecule has 0 saturated heterocycles. The molecule has 2 N–H and O–H groups in total. The number of carbonyl (C=O) groups excluding carboxylic acids is 1. The summed E-state index contributed by atoms with van der Waals surface area (Å²) in [6, 6.07) is 17.0. The van der Waals surface area contributed by atoms with Gasteiger partial charge in [-0.25, -0.2) is 4.98 Å². The summed E-state index contributed by atoms with van der Waals surface area (Å²) in [6.07, 6.45) is 0. The third-order valence-electron chi connectivity index (χ3n) is 4.30. The van der Waals surface area contributed by atoms with Crippen LogP contribution < -0.4 is 5.32 Å². The first-order valence-electron chi connectivity index (χ1n) is 8.40.